The van der Waals surface area contributed by atoms with Gasteiger partial charge in [0.25, 0.3) is 0 Å². The van der Waals surface area contributed by atoms with E-state index in [2.05, 4.69) is 46.2 Å². The highest BCUT2D eigenvalue weighted by Crippen LogP contribution is 2.24. The van der Waals surface area contributed by atoms with E-state index >= 15 is 0 Å². The van der Waals surface area contributed by atoms with Gasteiger partial charge < -0.3 is 10.1 Å². The van der Waals surface area contributed by atoms with Crippen LogP contribution in [0, 0.1) is 12.3 Å². The highest BCUT2D eigenvalue weighted by atomic mass is 79.9. The zero-order valence-corrected chi connectivity index (χ0v) is 13.6. The van der Waals surface area contributed by atoms with Crippen LogP contribution >= 0.6 is 15.9 Å². The summed E-state index contributed by atoms with van der Waals surface area (Å²) in [7, 11) is 0. The molecule has 1 atom stereocenters. The molecule has 0 fully saturated rings. The number of nitrogens with one attached hydrogen (secondary N) is 1. The lowest BCUT2D eigenvalue weighted by Gasteiger charge is -2.17. The van der Waals surface area contributed by atoms with Crippen molar-refractivity contribution in [3.63, 3.8) is 0 Å². The minimum atomic E-state index is 0.237. The zero-order chi connectivity index (χ0) is 15.1. The molecular weight excluding hydrogens is 326 g/mol. The molecule has 2 rings (SSSR count). The summed E-state index contributed by atoms with van der Waals surface area (Å²) < 4.78 is 6.68. The summed E-state index contributed by atoms with van der Waals surface area (Å²) in [5.41, 5.74) is 2.34. The van der Waals surface area contributed by atoms with Gasteiger partial charge in [-0.3, -0.25) is 0 Å². The van der Waals surface area contributed by atoms with Gasteiger partial charge in [-0.2, -0.15) is 0 Å². The molecule has 0 spiro atoms. The first-order valence-electron chi connectivity index (χ1n) is 6.84. The Kier molecular flexibility index (Phi) is 5.86. The van der Waals surface area contributed by atoms with Crippen LogP contribution in [-0.2, 0) is 6.54 Å². The van der Waals surface area contributed by atoms with Crippen molar-refractivity contribution in [2.75, 3.05) is 6.61 Å². The number of terminal acetylenes is 1. The molecule has 0 aliphatic heterocycles. The normalized spacial score (nSPS) is 11.7. The number of halogens is 1. The lowest BCUT2D eigenvalue weighted by Crippen LogP contribution is -2.19. The molecular formula is C18H18BrNO. The van der Waals surface area contributed by atoms with Crippen LogP contribution < -0.4 is 10.1 Å². The van der Waals surface area contributed by atoms with E-state index < -0.39 is 0 Å². The van der Waals surface area contributed by atoms with Gasteiger partial charge >= 0.3 is 0 Å². The quantitative estimate of drug-likeness (QED) is 0.789. The lowest BCUT2D eigenvalue weighted by atomic mass is 10.1. The first-order chi connectivity index (χ1) is 10.2. The third-order valence-corrected chi connectivity index (χ3v) is 3.98. The number of hydrogen-bond acceptors (Lipinski definition) is 2. The van der Waals surface area contributed by atoms with Crippen molar-refractivity contribution in [1.82, 2.24) is 5.32 Å². The monoisotopic (exact) mass is 343 g/mol. The summed E-state index contributed by atoms with van der Waals surface area (Å²) in [4.78, 5) is 0. The number of rotatable bonds is 6. The molecule has 0 bridgehead atoms. The Labute approximate surface area is 134 Å². The van der Waals surface area contributed by atoms with Crippen LogP contribution in [0.15, 0.2) is 53.0 Å². The van der Waals surface area contributed by atoms with E-state index in [0.717, 1.165) is 22.3 Å². The van der Waals surface area contributed by atoms with Gasteiger partial charge in [-0.1, -0.05) is 58.2 Å². The number of hydrogen-bond donors (Lipinski definition) is 1. The number of benzene rings is 2. The summed E-state index contributed by atoms with van der Waals surface area (Å²) in [5.74, 6) is 3.33. The molecule has 0 aliphatic rings. The zero-order valence-electron chi connectivity index (χ0n) is 12.0. The first-order valence-corrected chi connectivity index (χ1v) is 7.63. The van der Waals surface area contributed by atoms with Crippen LogP contribution in [0.1, 0.15) is 24.1 Å². The van der Waals surface area contributed by atoms with E-state index in [1.807, 2.05) is 36.4 Å². The van der Waals surface area contributed by atoms with Crippen molar-refractivity contribution in [1.29, 1.82) is 0 Å². The molecule has 0 heterocycles. The maximum atomic E-state index is 5.56. The van der Waals surface area contributed by atoms with Crippen molar-refractivity contribution in [2.24, 2.45) is 0 Å². The van der Waals surface area contributed by atoms with Gasteiger partial charge in [-0.25, -0.2) is 0 Å². The SMILES string of the molecule is C#CCOc1ccccc1CN[C@@H](C)c1ccccc1Br. The fourth-order valence-corrected chi connectivity index (χ4v) is 2.74. The third kappa shape index (κ3) is 4.35. The van der Waals surface area contributed by atoms with Crippen molar-refractivity contribution in [3.8, 4) is 18.1 Å². The van der Waals surface area contributed by atoms with Crippen LogP contribution in [-0.4, -0.2) is 6.61 Å². The minimum Gasteiger partial charge on any atom is -0.481 e. The minimum absolute atomic E-state index is 0.237. The molecule has 0 aliphatic carbocycles. The van der Waals surface area contributed by atoms with Gasteiger partial charge in [0.15, 0.2) is 0 Å². The Balaban J connectivity index is 2.03. The molecule has 2 nitrogen and oxygen atoms in total. The first kappa shape index (κ1) is 15.6. The van der Waals surface area contributed by atoms with Crippen molar-refractivity contribution in [2.45, 2.75) is 19.5 Å². The molecule has 0 radical (unpaired) electrons. The van der Waals surface area contributed by atoms with Crippen LogP contribution in [0.4, 0.5) is 0 Å². The van der Waals surface area contributed by atoms with E-state index in [0.29, 0.717) is 0 Å². The Morgan fingerprint density at radius 2 is 1.90 bits per heavy atom. The van der Waals surface area contributed by atoms with Gasteiger partial charge in [-0.05, 0) is 24.6 Å². The van der Waals surface area contributed by atoms with Crippen LogP contribution in [0.2, 0.25) is 0 Å². The molecule has 0 unspecified atom stereocenters. The van der Waals surface area contributed by atoms with Crippen LogP contribution in [0.25, 0.3) is 0 Å². The summed E-state index contributed by atoms with van der Waals surface area (Å²) >= 11 is 3.58. The second kappa shape index (κ2) is 7.87. The molecule has 0 saturated carbocycles. The number of ether oxygens (including phenoxy) is 1. The van der Waals surface area contributed by atoms with E-state index in [-0.39, 0.29) is 12.6 Å². The lowest BCUT2D eigenvalue weighted by molar-refractivity contribution is 0.364. The molecule has 21 heavy (non-hydrogen) atoms. The summed E-state index contributed by atoms with van der Waals surface area (Å²) in [6, 6.07) is 16.4. The van der Waals surface area contributed by atoms with Crippen molar-refractivity contribution in [3.05, 3.63) is 64.1 Å². The van der Waals surface area contributed by atoms with E-state index in [1.54, 1.807) is 0 Å². The van der Waals surface area contributed by atoms with E-state index in [9.17, 15) is 0 Å². The van der Waals surface area contributed by atoms with Gasteiger partial charge in [0.2, 0.25) is 0 Å². The van der Waals surface area contributed by atoms with E-state index in [1.165, 1.54) is 5.56 Å². The predicted molar refractivity (Wildman–Crippen MR) is 90.2 cm³/mol. The Hall–Kier alpha value is -1.76. The molecule has 2 aromatic carbocycles. The Morgan fingerprint density at radius 1 is 1.19 bits per heavy atom. The van der Waals surface area contributed by atoms with Crippen LogP contribution in [0.3, 0.4) is 0 Å². The maximum absolute atomic E-state index is 5.56. The van der Waals surface area contributed by atoms with Gasteiger partial charge in [0, 0.05) is 22.6 Å². The highest BCUT2D eigenvalue weighted by Gasteiger charge is 2.09. The fraction of sp³-hybridized carbons (Fsp3) is 0.222. The second-order valence-corrected chi connectivity index (χ2v) is 5.58. The topological polar surface area (TPSA) is 21.3 Å². The van der Waals surface area contributed by atoms with Crippen molar-refractivity contribution >= 4 is 15.9 Å². The molecule has 0 saturated heterocycles. The molecule has 2 aromatic rings. The maximum Gasteiger partial charge on any atom is 0.148 e. The molecule has 108 valence electrons. The van der Waals surface area contributed by atoms with E-state index in [4.69, 9.17) is 11.2 Å². The second-order valence-electron chi connectivity index (χ2n) is 4.72. The van der Waals surface area contributed by atoms with Crippen molar-refractivity contribution < 1.29 is 4.74 Å². The van der Waals surface area contributed by atoms with Gasteiger partial charge in [0.05, 0.1) is 0 Å². The molecule has 1 N–H and O–H groups in total. The summed E-state index contributed by atoms with van der Waals surface area (Å²) in [5, 5.41) is 3.51. The average Bonchev–Trinajstić information content (AvgIpc) is 2.52. The predicted octanol–water partition coefficient (Wildman–Crippen LogP) is 4.31. The Morgan fingerprint density at radius 3 is 2.67 bits per heavy atom. The average molecular weight is 344 g/mol. The standard InChI is InChI=1S/C18H18BrNO/c1-3-12-21-18-11-7-4-8-15(18)13-20-14(2)16-9-5-6-10-17(16)19/h1,4-11,14,20H,12-13H2,2H3/t14-/m0/s1. The Bertz CT molecular complexity index is 633. The third-order valence-electron chi connectivity index (χ3n) is 3.25. The largest absolute Gasteiger partial charge is 0.481 e. The smallest absolute Gasteiger partial charge is 0.148 e. The highest BCUT2D eigenvalue weighted by molar-refractivity contribution is 9.10. The summed E-state index contributed by atoms with van der Waals surface area (Å²) in [6.07, 6.45) is 5.25. The molecule has 3 heteroatoms. The van der Waals surface area contributed by atoms with Gasteiger partial charge in [0.1, 0.15) is 12.4 Å². The molecule has 0 amide bonds. The summed E-state index contributed by atoms with van der Waals surface area (Å²) in [6.45, 7) is 3.16. The van der Waals surface area contributed by atoms with Gasteiger partial charge in [-0.15, -0.1) is 6.42 Å². The fourth-order valence-electron chi connectivity index (χ4n) is 2.11. The molecule has 0 aromatic heterocycles. The van der Waals surface area contributed by atoms with Crippen LogP contribution in [0.5, 0.6) is 5.75 Å². The number of para-hydroxylation sites is 1.